The number of nitrogens with two attached hydrogens (primary N) is 1. The van der Waals surface area contributed by atoms with Crippen molar-refractivity contribution in [1.82, 2.24) is 4.83 Å². The average Bonchev–Trinajstić information content (AvgIpc) is 2.47. The largest absolute Gasteiger partial charge is 0.350 e. The Morgan fingerprint density at radius 2 is 1.62 bits per heavy atom. The molecule has 0 unspecified atom stereocenters. The van der Waals surface area contributed by atoms with Crippen LogP contribution in [0.1, 0.15) is 5.56 Å². The second kappa shape index (κ2) is 5.94. The fourth-order valence-corrected chi connectivity index (χ4v) is 2.75. The zero-order valence-corrected chi connectivity index (χ0v) is 12.2. The van der Waals surface area contributed by atoms with Gasteiger partial charge < -0.3 is 5.73 Å². The zero-order chi connectivity index (χ0) is 15.5. The summed E-state index contributed by atoms with van der Waals surface area (Å²) in [5.41, 5.74) is 6.57. The van der Waals surface area contributed by atoms with E-state index in [-0.39, 0.29) is 4.90 Å². The third-order valence-electron chi connectivity index (χ3n) is 2.78. The Balaban J connectivity index is 2.33. The van der Waals surface area contributed by atoms with Crippen LogP contribution in [-0.4, -0.2) is 14.4 Å². The molecule has 0 aromatic heterocycles. The molecule has 0 radical (unpaired) electrons. The lowest BCUT2D eigenvalue weighted by Gasteiger charge is -2.21. The smallest absolute Gasteiger partial charge is 0.334 e. The van der Waals surface area contributed by atoms with Crippen molar-refractivity contribution in [3.63, 3.8) is 0 Å². The van der Waals surface area contributed by atoms with Crippen molar-refractivity contribution < 1.29 is 13.2 Å². The average molecular weight is 305 g/mol. The predicted molar refractivity (Wildman–Crippen MR) is 80.0 cm³/mol. The highest BCUT2D eigenvalue weighted by Gasteiger charge is 2.21. The number of nitrogens with zero attached hydrogens (tertiary/aromatic N) is 1. The first kappa shape index (κ1) is 15.0. The molecular formula is C14H15N3O3S. The molecule has 2 rings (SSSR count). The number of amides is 2. The van der Waals surface area contributed by atoms with Gasteiger partial charge in [-0.15, -0.1) is 4.83 Å². The summed E-state index contributed by atoms with van der Waals surface area (Å²) in [4.78, 5) is 13.7. The summed E-state index contributed by atoms with van der Waals surface area (Å²) in [5, 5.41) is 0.793. The Hall–Kier alpha value is -2.38. The van der Waals surface area contributed by atoms with Crippen molar-refractivity contribution in [2.45, 2.75) is 11.8 Å². The molecule has 110 valence electrons. The van der Waals surface area contributed by atoms with Crippen molar-refractivity contribution in [3.8, 4) is 0 Å². The number of benzene rings is 2. The van der Waals surface area contributed by atoms with E-state index in [2.05, 4.69) is 4.83 Å². The van der Waals surface area contributed by atoms with E-state index in [1.165, 1.54) is 12.1 Å². The van der Waals surface area contributed by atoms with E-state index >= 15 is 0 Å². The Morgan fingerprint density at radius 1 is 1.05 bits per heavy atom. The van der Waals surface area contributed by atoms with Gasteiger partial charge in [0.05, 0.1) is 10.6 Å². The third kappa shape index (κ3) is 3.59. The molecular weight excluding hydrogens is 290 g/mol. The molecule has 6 nitrogen and oxygen atoms in total. The minimum absolute atomic E-state index is 0.0448. The van der Waals surface area contributed by atoms with Gasteiger partial charge >= 0.3 is 6.03 Å². The summed E-state index contributed by atoms with van der Waals surface area (Å²) >= 11 is 0. The van der Waals surface area contributed by atoms with E-state index in [1.54, 1.807) is 42.5 Å². The number of hydrogen-bond acceptors (Lipinski definition) is 3. The third-order valence-corrected chi connectivity index (χ3v) is 4.09. The summed E-state index contributed by atoms with van der Waals surface area (Å²) < 4.78 is 24.5. The SMILES string of the molecule is Cc1ccc(N(NS(=O)(=O)c2ccccc2)C(N)=O)cc1. The van der Waals surface area contributed by atoms with Crippen molar-refractivity contribution in [2.24, 2.45) is 5.73 Å². The summed E-state index contributed by atoms with van der Waals surface area (Å²) in [6, 6.07) is 13.5. The Morgan fingerprint density at radius 3 is 2.14 bits per heavy atom. The van der Waals surface area contributed by atoms with E-state index in [1.807, 2.05) is 6.92 Å². The molecule has 0 aliphatic rings. The molecule has 0 spiro atoms. The molecule has 0 aliphatic carbocycles. The number of anilines is 1. The second-order valence-corrected chi connectivity index (χ2v) is 6.08. The zero-order valence-electron chi connectivity index (χ0n) is 11.4. The van der Waals surface area contributed by atoms with Crippen LogP contribution in [0.15, 0.2) is 59.5 Å². The van der Waals surface area contributed by atoms with E-state index in [0.717, 1.165) is 10.6 Å². The fourth-order valence-electron chi connectivity index (χ4n) is 1.69. The van der Waals surface area contributed by atoms with Gasteiger partial charge in [-0.05, 0) is 31.2 Å². The Labute approximate surface area is 123 Å². The van der Waals surface area contributed by atoms with Crippen molar-refractivity contribution in [3.05, 3.63) is 60.2 Å². The highest BCUT2D eigenvalue weighted by molar-refractivity contribution is 7.89. The number of hydrogen-bond donors (Lipinski definition) is 2. The number of hydrazine groups is 1. The van der Waals surface area contributed by atoms with Crippen molar-refractivity contribution in [1.29, 1.82) is 0 Å². The van der Waals surface area contributed by atoms with Crippen LogP contribution in [0.3, 0.4) is 0 Å². The highest BCUT2D eigenvalue weighted by atomic mass is 32.2. The number of carbonyl (C=O) groups excluding carboxylic acids is 1. The number of aryl methyl sites for hydroxylation is 1. The minimum atomic E-state index is -3.89. The van der Waals surface area contributed by atoms with Crippen molar-refractivity contribution >= 4 is 21.7 Å². The lowest BCUT2D eigenvalue weighted by Crippen LogP contribution is -2.49. The number of nitrogens with one attached hydrogen (secondary N) is 1. The first-order valence-electron chi connectivity index (χ1n) is 6.14. The second-order valence-electron chi connectivity index (χ2n) is 4.42. The monoisotopic (exact) mass is 305 g/mol. The van der Waals surface area contributed by atoms with Crippen LogP contribution in [0.4, 0.5) is 10.5 Å². The first-order chi connectivity index (χ1) is 9.90. The molecule has 0 saturated heterocycles. The van der Waals surface area contributed by atoms with Crippen LogP contribution in [0.2, 0.25) is 0 Å². The van der Waals surface area contributed by atoms with Crippen LogP contribution >= 0.6 is 0 Å². The van der Waals surface area contributed by atoms with Gasteiger partial charge in [0, 0.05) is 0 Å². The lowest BCUT2D eigenvalue weighted by atomic mass is 10.2. The molecule has 0 aliphatic heterocycles. The van der Waals surface area contributed by atoms with Gasteiger partial charge in [0.25, 0.3) is 10.0 Å². The van der Waals surface area contributed by atoms with E-state index < -0.39 is 16.1 Å². The standard InChI is InChI=1S/C14H15N3O3S/c1-11-7-9-12(10-8-11)17(14(15)18)16-21(19,20)13-5-3-2-4-6-13/h2-10,16H,1H3,(H2,15,18). The van der Waals surface area contributed by atoms with Crippen LogP contribution in [-0.2, 0) is 10.0 Å². The van der Waals surface area contributed by atoms with Crippen molar-refractivity contribution in [2.75, 3.05) is 5.01 Å². The molecule has 2 amide bonds. The highest BCUT2D eigenvalue weighted by Crippen LogP contribution is 2.15. The summed E-state index contributed by atoms with van der Waals surface area (Å²) in [7, 11) is -3.89. The summed E-state index contributed by atoms with van der Waals surface area (Å²) in [6.07, 6.45) is 0. The maximum atomic E-state index is 12.2. The maximum Gasteiger partial charge on any atom is 0.334 e. The molecule has 7 heteroatoms. The van der Waals surface area contributed by atoms with Gasteiger partial charge in [0.1, 0.15) is 0 Å². The van der Waals surface area contributed by atoms with Crippen LogP contribution in [0.5, 0.6) is 0 Å². The van der Waals surface area contributed by atoms with Gasteiger partial charge in [-0.1, -0.05) is 35.9 Å². The topological polar surface area (TPSA) is 92.5 Å². The van der Waals surface area contributed by atoms with Gasteiger partial charge in [-0.25, -0.2) is 18.2 Å². The van der Waals surface area contributed by atoms with Crippen LogP contribution in [0, 0.1) is 6.92 Å². The molecule has 2 aromatic rings. The molecule has 2 aromatic carbocycles. The number of primary amides is 1. The Kier molecular flexibility index (Phi) is 4.25. The number of sulfonamides is 1. The quantitative estimate of drug-likeness (QED) is 0.843. The molecule has 0 heterocycles. The van der Waals surface area contributed by atoms with Crippen LogP contribution in [0.25, 0.3) is 0 Å². The Bertz CT molecular complexity index is 728. The number of rotatable bonds is 4. The molecule has 0 atom stereocenters. The first-order valence-corrected chi connectivity index (χ1v) is 7.62. The number of urea groups is 1. The lowest BCUT2D eigenvalue weighted by molar-refractivity contribution is 0.253. The minimum Gasteiger partial charge on any atom is -0.350 e. The normalized spacial score (nSPS) is 11.1. The predicted octanol–water partition coefficient (Wildman–Crippen LogP) is 1.77. The molecule has 0 saturated carbocycles. The van der Waals surface area contributed by atoms with Gasteiger partial charge in [0.15, 0.2) is 0 Å². The van der Waals surface area contributed by atoms with E-state index in [0.29, 0.717) is 5.69 Å². The molecule has 21 heavy (non-hydrogen) atoms. The summed E-state index contributed by atoms with van der Waals surface area (Å²) in [6.45, 7) is 1.88. The van der Waals surface area contributed by atoms with E-state index in [4.69, 9.17) is 5.73 Å². The maximum absolute atomic E-state index is 12.2. The fraction of sp³-hybridized carbons (Fsp3) is 0.0714. The number of carbonyl (C=O) groups is 1. The van der Waals surface area contributed by atoms with Gasteiger partial charge in [-0.2, -0.15) is 0 Å². The van der Waals surface area contributed by atoms with Crippen LogP contribution < -0.4 is 15.6 Å². The van der Waals surface area contributed by atoms with E-state index in [9.17, 15) is 13.2 Å². The van der Waals surface area contributed by atoms with Gasteiger partial charge in [-0.3, -0.25) is 0 Å². The van der Waals surface area contributed by atoms with Gasteiger partial charge in [0.2, 0.25) is 0 Å². The molecule has 3 N–H and O–H groups in total. The summed E-state index contributed by atoms with van der Waals surface area (Å²) in [5.74, 6) is 0. The molecule has 0 bridgehead atoms. The molecule has 0 fully saturated rings.